The summed E-state index contributed by atoms with van der Waals surface area (Å²) in [5.41, 5.74) is 2.19. The Morgan fingerprint density at radius 1 is 1.35 bits per heavy atom. The highest BCUT2D eigenvalue weighted by atomic mass is 35.5. The van der Waals surface area contributed by atoms with Crippen LogP contribution in [0.1, 0.15) is 17.5 Å². The number of carbonyl (C=O) groups is 1. The smallest absolute Gasteiger partial charge is 0.231 e. The van der Waals surface area contributed by atoms with E-state index in [9.17, 15) is 9.18 Å². The quantitative estimate of drug-likeness (QED) is 0.849. The van der Waals surface area contributed by atoms with Crippen LogP contribution in [0.2, 0.25) is 5.02 Å². The van der Waals surface area contributed by atoms with Crippen LogP contribution in [0.25, 0.3) is 0 Å². The molecule has 0 spiro atoms. The molecule has 2 aromatic rings. The molecule has 0 unspecified atom stereocenters. The summed E-state index contributed by atoms with van der Waals surface area (Å²) in [5, 5.41) is 0.283. The van der Waals surface area contributed by atoms with Gasteiger partial charge in [-0.25, -0.2) is 4.39 Å². The zero-order valence-electron chi connectivity index (χ0n) is 12.8. The molecule has 23 heavy (non-hydrogen) atoms. The van der Waals surface area contributed by atoms with Gasteiger partial charge in [-0.05, 0) is 48.7 Å². The Morgan fingerprint density at radius 2 is 2.17 bits per heavy atom. The van der Waals surface area contributed by atoms with Crippen LogP contribution >= 0.6 is 11.6 Å². The molecule has 3 nitrogen and oxygen atoms in total. The molecule has 0 bridgehead atoms. The minimum atomic E-state index is -0.446. The molecule has 0 saturated carbocycles. The number of amides is 1. The summed E-state index contributed by atoms with van der Waals surface area (Å²) in [7, 11) is 1.62. The second kappa shape index (κ2) is 6.59. The van der Waals surface area contributed by atoms with E-state index in [1.54, 1.807) is 18.1 Å². The lowest BCUT2D eigenvalue weighted by Gasteiger charge is -2.30. The van der Waals surface area contributed by atoms with Crippen molar-refractivity contribution in [1.82, 2.24) is 0 Å². The first-order valence-corrected chi connectivity index (χ1v) is 7.88. The number of ether oxygens (including phenoxy) is 1. The molecule has 120 valence electrons. The predicted octanol–water partition coefficient (Wildman–Crippen LogP) is 4.01. The van der Waals surface area contributed by atoms with Gasteiger partial charge in [-0.1, -0.05) is 17.7 Å². The first-order valence-electron chi connectivity index (χ1n) is 7.50. The van der Waals surface area contributed by atoms with Crippen molar-refractivity contribution >= 4 is 23.2 Å². The van der Waals surface area contributed by atoms with Gasteiger partial charge in [0.2, 0.25) is 5.91 Å². The van der Waals surface area contributed by atoms with Crippen LogP contribution in [0.4, 0.5) is 10.1 Å². The Bertz CT molecular complexity index is 728. The lowest BCUT2D eigenvalue weighted by molar-refractivity contribution is -0.118. The van der Waals surface area contributed by atoms with E-state index in [-0.39, 0.29) is 22.9 Å². The number of carbonyl (C=O) groups excluding carboxylic acids is 1. The van der Waals surface area contributed by atoms with Crippen LogP contribution in [-0.2, 0) is 17.6 Å². The zero-order valence-corrected chi connectivity index (χ0v) is 13.6. The normalized spacial score (nSPS) is 13.6. The number of fused-ring (bicyclic) bond motifs is 1. The molecule has 0 aliphatic carbocycles. The molecule has 1 amide bonds. The molecule has 0 fully saturated rings. The number of halogens is 2. The molecule has 0 aromatic heterocycles. The van der Waals surface area contributed by atoms with E-state index in [0.717, 1.165) is 29.8 Å². The van der Waals surface area contributed by atoms with E-state index in [4.69, 9.17) is 16.3 Å². The van der Waals surface area contributed by atoms with Crippen LogP contribution < -0.4 is 9.64 Å². The number of methoxy groups -OCH3 is 1. The maximum absolute atomic E-state index is 13.9. The van der Waals surface area contributed by atoms with E-state index in [1.807, 2.05) is 18.2 Å². The maximum atomic E-state index is 13.9. The number of rotatable bonds is 3. The van der Waals surface area contributed by atoms with Crippen molar-refractivity contribution in [1.29, 1.82) is 0 Å². The topological polar surface area (TPSA) is 29.5 Å². The summed E-state index contributed by atoms with van der Waals surface area (Å²) < 4.78 is 19.1. The van der Waals surface area contributed by atoms with E-state index in [0.29, 0.717) is 6.54 Å². The van der Waals surface area contributed by atoms with Gasteiger partial charge in [-0.15, -0.1) is 0 Å². The number of aryl methyl sites for hydroxylation is 1. The van der Waals surface area contributed by atoms with Gasteiger partial charge >= 0.3 is 0 Å². The Labute approximate surface area is 139 Å². The molecular weight excluding hydrogens is 317 g/mol. The second-order valence-electron chi connectivity index (χ2n) is 5.52. The van der Waals surface area contributed by atoms with Crippen LogP contribution in [0.5, 0.6) is 5.75 Å². The minimum Gasteiger partial charge on any atom is -0.497 e. The third-order valence-electron chi connectivity index (χ3n) is 4.10. The summed E-state index contributed by atoms with van der Waals surface area (Å²) in [4.78, 5) is 14.4. The van der Waals surface area contributed by atoms with Crippen LogP contribution in [0.15, 0.2) is 36.4 Å². The van der Waals surface area contributed by atoms with Crippen LogP contribution in [-0.4, -0.2) is 19.6 Å². The van der Waals surface area contributed by atoms with Gasteiger partial charge in [-0.3, -0.25) is 4.79 Å². The van der Waals surface area contributed by atoms with E-state index in [2.05, 4.69) is 0 Å². The minimum absolute atomic E-state index is 0.0447. The molecular formula is C18H17ClFNO2. The predicted molar refractivity (Wildman–Crippen MR) is 88.8 cm³/mol. The summed E-state index contributed by atoms with van der Waals surface area (Å²) in [6, 6.07) is 10.1. The molecule has 5 heteroatoms. The van der Waals surface area contributed by atoms with Gasteiger partial charge < -0.3 is 9.64 Å². The van der Waals surface area contributed by atoms with Crippen molar-refractivity contribution < 1.29 is 13.9 Å². The molecule has 0 N–H and O–H groups in total. The standard InChI is InChI=1S/C18H17ClFNO2/c1-23-13-7-8-17-12(10-13)4-3-9-21(17)18(22)11-14-15(19)5-2-6-16(14)20/h2,5-8,10H,3-4,9,11H2,1H3. The van der Waals surface area contributed by atoms with Crippen LogP contribution in [0, 0.1) is 5.82 Å². The third kappa shape index (κ3) is 3.17. The lowest BCUT2D eigenvalue weighted by Crippen LogP contribution is -2.36. The fraction of sp³-hybridized carbons (Fsp3) is 0.278. The molecule has 1 heterocycles. The Hall–Kier alpha value is -2.07. The van der Waals surface area contributed by atoms with Gasteiger partial charge in [-0.2, -0.15) is 0 Å². The second-order valence-corrected chi connectivity index (χ2v) is 5.93. The number of benzene rings is 2. The van der Waals surface area contributed by atoms with Gasteiger partial charge in [0, 0.05) is 22.8 Å². The summed E-state index contributed by atoms with van der Waals surface area (Å²) in [5.74, 6) is 0.177. The van der Waals surface area contributed by atoms with E-state index in [1.165, 1.54) is 12.1 Å². The Balaban J connectivity index is 1.87. The molecule has 0 radical (unpaired) electrons. The lowest BCUT2D eigenvalue weighted by atomic mass is 10.00. The largest absolute Gasteiger partial charge is 0.497 e. The number of hydrogen-bond donors (Lipinski definition) is 0. The van der Waals surface area contributed by atoms with Crippen molar-refractivity contribution in [2.24, 2.45) is 0 Å². The summed E-state index contributed by atoms with van der Waals surface area (Å²) in [6.07, 6.45) is 1.73. The highest BCUT2D eigenvalue weighted by molar-refractivity contribution is 6.31. The fourth-order valence-electron chi connectivity index (χ4n) is 2.91. The first kappa shape index (κ1) is 15.8. The van der Waals surface area contributed by atoms with Crippen LogP contribution in [0.3, 0.4) is 0 Å². The average molecular weight is 334 g/mol. The molecule has 0 saturated heterocycles. The van der Waals surface area contributed by atoms with Crippen molar-refractivity contribution in [2.45, 2.75) is 19.3 Å². The van der Waals surface area contributed by atoms with E-state index >= 15 is 0 Å². The van der Waals surface area contributed by atoms with Crippen molar-refractivity contribution in [3.05, 3.63) is 58.4 Å². The highest BCUT2D eigenvalue weighted by Crippen LogP contribution is 2.31. The summed E-state index contributed by atoms with van der Waals surface area (Å²) >= 11 is 6.03. The van der Waals surface area contributed by atoms with Gasteiger partial charge in [0.05, 0.1) is 13.5 Å². The Morgan fingerprint density at radius 3 is 2.91 bits per heavy atom. The van der Waals surface area contributed by atoms with Gasteiger partial charge in [0.1, 0.15) is 11.6 Å². The van der Waals surface area contributed by atoms with Gasteiger partial charge in [0.25, 0.3) is 0 Å². The fourth-order valence-corrected chi connectivity index (χ4v) is 3.14. The zero-order chi connectivity index (χ0) is 16.4. The van der Waals surface area contributed by atoms with E-state index < -0.39 is 5.82 Å². The average Bonchev–Trinajstić information content (AvgIpc) is 2.57. The van der Waals surface area contributed by atoms with Crippen molar-refractivity contribution in [3.63, 3.8) is 0 Å². The monoisotopic (exact) mass is 333 g/mol. The molecule has 0 atom stereocenters. The molecule has 3 rings (SSSR count). The number of nitrogens with zero attached hydrogens (tertiary/aromatic N) is 1. The number of anilines is 1. The highest BCUT2D eigenvalue weighted by Gasteiger charge is 2.24. The van der Waals surface area contributed by atoms with Crippen molar-refractivity contribution in [3.8, 4) is 5.75 Å². The first-order chi connectivity index (χ1) is 11.1. The molecule has 1 aliphatic heterocycles. The summed E-state index contributed by atoms with van der Waals surface area (Å²) in [6.45, 7) is 0.629. The number of hydrogen-bond acceptors (Lipinski definition) is 2. The third-order valence-corrected chi connectivity index (χ3v) is 4.45. The van der Waals surface area contributed by atoms with Crippen molar-refractivity contribution in [2.75, 3.05) is 18.6 Å². The Kier molecular flexibility index (Phi) is 4.53. The molecule has 1 aliphatic rings. The molecule has 2 aromatic carbocycles. The maximum Gasteiger partial charge on any atom is 0.231 e. The van der Waals surface area contributed by atoms with Gasteiger partial charge in [0.15, 0.2) is 0 Å². The SMILES string of the molecule is COc1ccc2c(c1)CCCN2C(=O)Cc1c(F)cccc1Cl.